The highest BCUT2D eigenvalue weighted by molar-refractivity contribution is 6.15. The fraction of sp³-hybridized carbons (Fsp3) is 0.417. The zero-order valence-corrected chi connectivity index (χ0v) is 10.1. The van der Waals surface area contributed by atoms with E-state index in [4.69, 9.17) is 4.74 Å². The zero-order valence-electron chi connectivity index (χ0n) is 9.37. The summed E-state index contributed by atoms with van der Waals surface area (Å²) in [4.78, 5) is 11.1. The van der Waals surface area contributed by atoms with Crippen molar-refractivity contribution in [2.45, 2.75) is 20.5 Å². The molecule has 0 aliphatic rings. The quantitative estimate of drug-likeness (QED) is 0.587. The van der Waals surface area contributed by atoms with Gasteiger partial charge in [-0.1, -0.05) is 44.2 Å². The van der Waals surface area contributed by atoms with Crippen molar-refractivity contribution in [2.24, 2.45) is 5.92 Å². The van der Waals surface area contributed by atoms with Crippen LogP contribution in [-0.4, -0.2) is 12.4 Å². The van der Waals surface area contributed by atoms with Crippen LogP contribution in [0.25, 0.3) is 0 Å². The largest absolute Gasteiger partial charge is 0.461 e. The van der Waals surface area contributed by atoms with Crippen LogP contribution in [0.3, 0.4) is 0 Å². The van der Waals surface area contributed by atoms with Crippen LogP contribution in [0, 0.1) is 5.92 Å². The second-order valence-electron chi connectivity index (χ2n) is 3.25. The van der Waals surface area contributed by atoms with Crippen LogP contribution in [-0.2, 0) is 16.1 Å². The van der Waals surface area contributed by atoms with E-state index in [1.54, 1.807) is 0 Å². The molecule has 0 unspecified atom stereocenters. The molecule has 15 heavy (non-hydrogen) atoms. The molecular formula is C12H17ClO2. The number of rotatable bonds is 3. The predicted octanol–water partition coefficient (Wildman–Crippen LogP) is 3.24. The molecule has 0 saturated carbocycles. The van der Waals surface area contributed by atoms with E-state index >= 15 is 0 Å². The Labute approximate surface area is 96.2 Å². The fourth-order valence-electron chi connectivity index (χ4n) is 0.895. The monoisotopic (exact) mass is 228 g/mol. The Balaban J connectivity index is 0.000000921. The van der Waals surface area contributed by atoms with Crippen LogP contribution in [0.15, 0.2) is 30.3 Å². The standard InChI is InChI=1S/C11H14O2.CH3Cl/c1-9(2)11(12)13-8-10-6-4-3-5-7-10;1-2/h3-7,9H,8H2,1-2H3;1H3. The number of esters is 1. The van der Waals surface area contributed by atoms with Crippen LogP contribution in [0.4, 0.5) is 0 Å². The van der Waals surface area contributed by atoms with E-state index in [0.717, 1.165) is 5.56 Å². The number of carbonyl (C=O) groups is 1. The van der Waals surface area contributed by atoms with Gasteiger partial charge in [-0.25, -0.2) is 0 Å². The summed E-state index contributed by atoms with van der Waals surface area (Å²) in [5, 5.41) is 0. The minimum atomic E-state index is -0.149. The minimum Gasteiger partial charge on any atom is -0.461 e. The van der Waals surface area contributed by atoms with E-state index in [-0.39, 0.29) is 11.9 Å². The summed E-state index contributed by atoms with van der Waals surface area (Å²) in [6.45, 7) is 4.03. The number of halogens is 1. The molecule has 1 aromatic carbocycles. The highest BCUT2D eigenvalue weighted by Crippen LogP contribution is 2.03. The van der Waals surface area contributed by atoms with Crippen molar-refractivity contribution in [3.63, 3.8) is 0 Å². The SMILES string of the molecule is CC(C)C(=O)OCc1ccccc1.CCl. The highest BCUT2D eigenvalue weighted by atomic mass is 35.5. The fourth-order valence-corrected chi connectivity index (χ4v) is 0.895. The third-order valence-electron chi connectivity index (χ3n) is 1.70. The summed E-state index contributed by atoms with van der Waals surface area (Å²) >= 11 is 4.64. The first kappa shape index (κ1) is 14.0. The second-order valence-corrected chi connectivity index (χ2v) is 3.25. The molecule has 0 aliphatic carbocycles. The summed E-state index contributed by atoms with van der Waals surface area (Å²) < 4.78 is 5.05. The Morgan fingerprint density at radius 3 is 2.27 bits per heavy atom. The number of hydrogen-bond acceptors (Lipinski definition) is 2. The molecule has 3 heteroatoms. The van der Waals surface area contributed by atoms with Gasteiger partial charge in [0.05, 0.1) is 5.92 Å². The molecule has 0 bridgehead atoms. The molecular weight excluding hydrogens is 212 g/mol. The Kier molecular flexibility index (Phi) is 7.74. The summed E-state index contributed by atoms with van der Waals surface area (Å²) in [5.74, 6) is -0.201. The third-order valence-corrected chi connectivity index (χ3v) is 1.70. The number of carbonyl (C=O) groups excluding carboxylic acids is 1. The molecule has 0 amide bonds. The molecule has 84 valence electrons. The molecule has 0 heterocycles. The van der Waals surface area contributed by atoms with Crippen LogP contribution >= 0.6 is 11.6 Å². The molecule has 0 aromatic heterocycles. The van der Waals surface area contributed by atoms with E-state index in [9.17, 15) is 4.79 Å². The van der Waals surface area contributed by atoms with Crippen LogP contribution < -0.4 is 0 Å². The molecule has 0 fully saturated rings. The van der Waals surface area contributed by atoms with Crippen molar-refractivity contribution in [1.29, 1.82) is 0 Å². The first-order valence-electron chi connectivity index (χ1n) is 4.78. The molecule has 1 aromatic rings. The lowest BCUT2D eigenvalue weighted by molar-refractivity contribution is -0.148. The minimum absolute atomic E-state index is 0.0521. The van der Waals surface area contributed by atoms with Gasteiger partial charge in [0.25, 0.3) is 0 Å². The first-order chi connectivity index (χ1) is 7.20. The van der Waals surface area contributed by atoms with Crippen molar-refractivity contribution in [2.75, 3.05) is 6.38 Å². The number of benzene rings is 1. The number of ether oxygens (including phenoxy) is 1. The maximum Gasteiger partial charge on any atom is 0.308 e. The normalized spacial score (nSPS) is 9.13. The predicted molar refractivity (Wildman–Crippen MR) is 62.9 cm³/mol. The van der Waals surface area contributed by atoms with Crippen molar-refractivity contribution < 1.29 is 9.53 Å². The van der Waals surface area contributed by atoms with Crippen LogP contribution in [0.2, 0.25) is 0 Å². The average molecular weight is 229 g/mol. The number of hydrogen-bond donors (Lipinski definition) is 0. The van der Waals surface area contributed by atoms with Gasteiger partial charge in [-0.3, -0.25) is 4.79 Å². The molecule has 1 rings (SSSR count). The zero-order chi connectivity index (χ0) is 11.7. The van der Waals surface area contributed by atoms with Crippen LogP contribution in [0.5, 0.6) is 0 Å². The van der Waals surface area contributed by atoms with Gasteiger partial charge in [-0.05, 0) is 5.56 Å². The van der Waals surface area contributed by atoms with Crippen molar-refractivity contribution >= 4 is 17.6 Å². The Bertz CT molecular complexity index is 270. The third kappa shape index (κ3) is 6.13. The maximum absolute atomic E-state index is 11.1. The lowest BCUT2D eigenvalue weighted by atomic mass is 10.2. The van der Waals surface area contributed by atoms with E-state index in [1.165, 1.54) is 6.38 Å². The van der Waals surface area contributed by atoms with Gasteiger partial charge < -0.3 is 4.74 Å². The van der Waals surface area contributed by atoms with Gasteiger partial charge >= 0.3 is 5.97 Å². The van der Waals surface area contributed by atoms with Gasteiger partial charge in [0.15, 0.2) is 0 Å². The molecule has 0 spiro atoms. The van der Waals surface area contributed by atoms with Crippen molar-refractivity contribution in [3.05, 3.63) is 35.9 Å². The first-order valence-corrected chi connectivity index (χ1v) is 5.54. The lowest BCUT2D eigenvalue weighted by Crippen LogP contribution is -2.11. The smallest absolute Gasteiger partial charge is 0.308 e. The maximum atomic E-state index is 11.1. The average Bonchev–Trinajstić information content (AvgIpc) is 2.30. The Morgan fingerprint density at radius 1 is 1.27 bits per heavy atom. The highest BCUT2D eigenvalue weighted by Gasteiger charge is 2.07. The molecule has 0 atom stereocenters. The molecule has 2 nitrogen and oxygen atoms in total. The van der Waals surface area contributed by atoms with Crippen molar-refractivity contribution in [3.8, 4) is 0 Å². The summed E-state index contributed by atoms with van der Waals surface area (Å²) in [6.07, 6.45) is 1.47. The van der Waals surface area contributed by atoms with E-state index in [2.05, 4.69) is 11.6 Å². The summed E-state index contributed by atoms with van der Waals surface area (Å²) in [5.41, 5.74) is 1.02. The van der Waals surface area contributed by atoms with E-state index in [1.807, 2.05) is 44.2 Å². The molecule has 0 N–H and O–H groups in total. The number of alkyl halides is 1. The van der Waals surface area contributed by atoms with Crippen molar-refractivity contribution in [1.82, 2.24) is 0 Å². The van der Waals surface area contributed by atoms with Gasteiger partial charge in [0.1, 0.15) is 6.61 Å². The van der Waals surface area contributed by atoms with Gasteiger partial charge in [-0.15, -0.1) is 11.6 Å². The van der Waals surface area contributed by atoms with Gasteiger partial charge in [0.2, 0.25) is 0 Å². The van der Waals surface area contributed by atoms with E-state index < -0.39 is 0 Å². The van der Waals surface area contributed by atoms with Gasteiger partial charge in [0, 0.05) is 6.38 Å². The molecule has 0 saturated heterocycles. The van der Waals surface area contributed by atoms with Crippen LogP contribution in [0.1, 0.15) is 19.4 Å². The van der Waals surface area contributed by atoms with Gasteiger partial charge in [-0.2, -0.15) is 0 Å². The second kappa shape index (κ2) is 8.30. The Hall–Kier alpha value is -1.02. The Morgan fingerprint density at radius 2 is 1.80 bits per heavy atom. The topological polar surface area (TPSA) is 26.3 Å². The molecule has 0 aliphatic heterocycles. The molecule has 0 radical (unpaired) electrons. The summed E-state index contributed by atoms with van der Waals surface area (Å²) in [7, 11) is 0. The summed E-state index contributed by atoms with van der Waals surface area (Å²) in [6, 6.07) is 9.67. The van der Waals surface area contributed by atoms with E-state index in [0.29, 0.717) is 6.61 Å². The lowest BCUT2D eigenvalue weighted by Gasteiger charge is -2.06.